The highest BCUT2D eigenvalue weighted by Gasteiger charge is 2.18. The van der Waals surface area contributed by atoms with E-state index in [-0.39, 0.29) is 18.0 Å². The zero-order valence-electron chi connectivity index (χ0n) is 13.3. The summed E-state index contributed by atoms with van der Waals surface area (Å²) >= 11 is 7.44. The largest absolute Gasteiger partial charge is 0.454 e. The van der Waals surface area contributed by atoms with Crippen LogP contribution in [0.2, 0.25) is 5.02 Å². The fourth-order valence-electron chi connectivity index (χ4n) is 2.35. The van der Waals surface area contributed by atoms with Crippen molar-refractivity contribution in [2.75, 3.05) is 6.79 Å². The third-order valence-electron chi connectivity index (χ3n) is 3.66. The van der Waals surface area contributed by atoms with E-state index in [1.165, 1.54) is 0 Å². The Bertz CT molecular complexity index is 721. The van der Waals surface area contributed by atoms with E-state index in [1.807, 2.05) is 49.4 Å². The van der Waals surface area contributed by atoms with E-state index >= 15 is 0 Å². The minimum atomic E-state index is -0.139. The second kappa shape index (κ2) is 7.81. The highest BCUT2D eigenvalue weighted by molar-refractivity contribution is 8.00. The van der Waals surface area contributed by atoms with E-state index in [4.69, 9.17) is 21.1 Å². The van der Waals surface area contributed by atoms with Gasteiger partial charge in [-0.05, 0) is 48.4 Å². The van der Waals surface area contributed by atoms with Gasteiger partial charge >= 0.3 is 0 Å². The molecule has 1 aliphatic rings. The SMILES string of the molecule is CC[C@H](Sc1ccc(Cl)cc1)C(=O)NCc1ccc2c(c1)OCO2. The van der Waals surface area contributed by atoms with Gasteiger partial charge in [-0.2, -0.15) is 0 Å². The van der Waals surface area contributed by atoms with Crippen molar-refractivity contribution in [2.45, 2.75) is 30.0 Å². The molecule has 2 aromatic rings. The van der Waals surface area contributed by atoms with E-state index in [0.717, 1.165) is 28.4 Å². The van der Waals surface area contributed by atoms with E-state index in [2.05, 4.69) is 5.32 Å². The second-order valence-electron chi connectivity index (χ2n) is 5.37. The fraction of sp³-hybridized carbons (Fsp3) is 0.278. The molecule has 0 radical (unpaired) electrons. The molecule has 1 aliphatic heterocycles. The molecule has 3 rings (SSSR count). The molecule has 0 aliphatic carbocycles. The predicted molar refractivity (Wildman–Crippen MR) is 95.8 cm³/mol. The van der Waals surface area contributed by atoms with Crippen LogP contribution in [0.1, 0.15) is 18.9 Å². The topological polar surface area (TPSA) is 47.6 Å². The second-order valence-corrected chi connectivity index (χ2v) is 7.09. The van der Waals surface area contributed by atoms with Crippen molar-refractivity contribution in [3.63, 3.8) is 0 Å². The van der Waals surface area contributed by atoms with Crippen LogP contribution in [-0.2, 0) is 11.3 Å². The Hall–Kier alpha value is -1.85. The number of carbonyl (C=O) groups excluding carboxylic acids is 1. The maximum atomic E-state index is 12.4. The summed E-state index contributed by atoms with van der Waals surface area (Å²) in [6.45, 7) is 2.72. The van der Waals surface area contributed by atoms with Gasteiger partial charge in [0.05, 0.1) is 5.25 Å². The van der Waals surface area contributed by atoms with Gasteiger partial charge in [-0.15, -0.1) is 11.8 Å². The van der Waals surface area contributed by atoms with Crippen LogP contribution < -0.4 is 14.8 Å². The Morgan fingerprint density at radius 3 is 2.71 bits per heavy atom. The summed E-state index contributed by atoms with van der Waals surface area (Å²) in [7, 11) is 0. The summed E-state index contributed by atoms with van der Waals surface area (Å²) in [5.74, 6) is 1.49. The Morgan fingerprint density at radius 2 is 1.96 bits per heavy atom. The number of hydrogen-bond donors (Lipinski definition) is 1. The van der Waals surface area contributed by atoms with Crippen molar-refractivity contribution in [1.29, 1.82) is 0 Å². The van der Waals surface area contributed by atoms with Gasteiger partial charge in [0.2, 0.25) is 12.7 Å². The summed E-state index contributed by atoms with van der Waals surface area (Å²) < 4.78 is 10.6. The Kier molecular flexibility index (Phi) is 5.53. The van der Waals surface area contributed by atoms with Crippen molar-refractivity contribution in [1.82, 2.24) is 5.32 Å². The molecule has 4 nitrogen and oxygen atoms in total. The van der Waals surface area contributed by atoms with Crippen molar-refractivity contribution >= 4 is 29.3 Å². The van der Waals surface area contributed by atoms with Crippen LogP contribution >= 0.6 is 23.4 Å². The smallest absolute Gasteiger partial charge is 0.233 e. The highest BCUT2D eigenvalue weighted by atomic mass is 35.5. The van der Waals surface area contributed by atoms with Crippen LogP contribution in [0.3, 0.4) is 0 Å². The first-order chi connectivity index (χ1) is 11.7. The van der Waals surface area contributed by atoms with Crippen molar-refractivity contribution in [3.05, 3.63) is 53.1 Å². The van der Waals surface area contributed by atoms with Gasteiger partial charge in [0, 0.05) is 16.5 Å². The van der Waals surface area contributed by atoms with Crippen molar-refractivity contribution in [3.8, 4) is 11.5 Å². The summed E-state index contributed by atoms with van der Waals surface area (Å²) in [6, 6.07) is 13.2. The molecule has 1 heterocycles. The molecule has 0 saturated heterocycles. The number of carbonyl (C=O) groups is 1. The van der Waals surface area contributed by atoms with Crippen molar-refractivity contribution in [2.24, 2.45) is 0 Å². The molecule has 0 bridgehead atoms. The molecule has 6 heteroatoms. The minimum absolute atomic E-state index is 0.0233. The molecule has 0 unspecified atom stereocenters. The third kappa shape index (κ3) is 4.16. The van der Waals surface area contributed by atoms with Gasteiger partial charge in [0.15, 0.2) is 11.5 Å². The van der Waals surface area contributed by atoms with Gasteiger partial charge in [-0.1, -0.05) is 24.6 Å². The number of benzene rings is 2. The van der Waals surface area contributed by atoms with Crippen LogP contribution in [0.15, 0.2) is 47.4 Å². The summed E-state index contributed by atoms with van der Waals surface area (Å²) in [5, 5.41) is 3.55. The van der Waals surface area contributed by atoms with Gasteiger partial charge in [0.25, 0.3) is 0 Å². The molecule has 2 aromatic carbocycles. The number of amides is 1. The van der Waals surface area contributed by atoms with Gasteiger partial charge in [-0.3, -0.25) is 4.79 Å². The number of thioether (sulfide) groups is 1. The standard InChI is InChI=1S/C18H18ClNO3S/c1-2-17(24-14-6-4-13(19)5-7-14)18(21)20-10-12-3-8-15-16(9-12)23-11-22-15/h3-9,17H,2,10-11H2,1H3,(H,20,21)/t17-/m0/s1. The monoisotopic (exact) mass is 363 g/mol. The molecule has 0 saturated carbocycles. The van der Waals surface area contributed by atoms with Crippen molar-refractivity contribution < 1.29 is 14.3 Å². The Morgan fingerprint density at radius 1 is 1.21 bits per heavy atom. The normalized spacial score (nSPS) is 13.6. The zero-order chi connectivity index (χ0) is 16.9. The van der Waals surface area contributed by atoms with E-state index < -0.39 is 0 Å². The molecule has 1 amide bonds. The number of halogens is 1. The number of ether oxygens (including phenoxy) is 2. The van der Waals surface area contributed by atoms with Gasteiger partial charge < -0.3 is 14.8 Å². The van der Waals surface area contributed by atoms with Gasteiger partial charge in [-0.25, -0.2) is 0 Å². The van der Waals surface area contributed by atoms with E-state index in [0.29, 0.717) is 11.6 Å². The molecule has 126 valence electrons. The van der Waals surface area contributed by atoms with Crippen LogP contribution in [0, 0.1) is 0 Å². The first kappa shape index (κ1) is 17.0. The number of nitrogens with one attached hydrogen (secondary N) is 1. The van der Waals surface area contributed by atoms with Crippen LogP contribution in [0.25, 0.3) is 0 Å². The van der Waals surface area contributed by atoms with Crippen LogP contribution in [0.4, 0.5) is 0 Å². The Labute approximate surface area is 150 Å². The lowest BCUT2D eigenvalue weighted by Gasteiger charge is -2.15. The quantitative estimate of drug-likeness (QED) is 0.779. The average molecular weight is 364 g/mol. The zero-order valence-corrected chi connectivity index (χ0v) is 14.8. The van der Waals surface area contributed by atoms with E-state index in [9.17, 15) is 4.79 Å². The highest BCUT2D eigenvalue weighted by Crippen LogP contribution is 2.32. The average Bonchev–Trinajstić information content (AvgIpc) is 3.07. The molecule has 0 spiro atoms. The maximum Gasteiger partial charge on any atom is 0.233 e. The molecular weight excluding hydrogens is 346 g/mol. The minimum Gasteiger partial charge on any atom is -0.454 e. The number of rotatable bonds is 6. The summed E-state index contributed by atoms with van der Waals surface area (Å²) in [5.41, 5.74) is 0.985. The molecule has 24 heavy (non-hydrogen) atoms. The lowest BCUT2D eigenvalue weighted by Crippen LogP contribution is -2.31. The van der Waals surface area contributed by atoms with Gasteiger partial charge in [0.1, 0.15) is 0 Å². The fourth-order valence-corrected chi connectivity index (χ4v) is 3.46. The number of fused-ring (bicyclic) bond motifs is 1. The maximum absolute atomic E-state index is 12.4. The summed E-state index contributed by atoms with van der Waals surface area (Å²) in [6.07, 6.45) is 0.750. The lowest BCUT2D eigenvalue weighted by molar-refractivity contribution is -0.120. The van der Waals surface area contributed by atoms with Crippen LogP contribution in [-0.4, -0.2) is 18.0 Å². The lowest BCUT2D eigenvalue weighted by atomic mass is 10.2. The molecule has 0 aromatic heterocycles. The first-order valence-electron chi connectivity index (χ1n) is 7.74. The summed E-state index contributed by atoms with van der Waals surface area (Å²) in [4.78, 5) is 13.5. The van der Waals surface area contributed by atoms with E-state index in [1.54, 1.807) is 11.8 Å². The molecule has 0 fully saturated rings. The molecular formula is C18H18ClNO3S. The van der Waals surface area contributed by atoms with Crippen LogP contribution in [0.5, 0.6) is 11.5 Å². The first-order valence-corrected chi connectivity index (χ1v) is 9.00. The molecule has 1 atom stereocenters. The Balaban J connectivity index is 1.57. The molecule has 1 N–H and O–H groups in total. The number of hydrogen-bond acceptors (Lipinski definition) is 4. The predicted octanol–water partition coefficient (Wildman–Crippen LogP) is 4.26. The third-order valence-corrected chi connectivity index (χ3v) is 5.29.